The highest BCUT2D eigenvalue weighted by Gasteiger charge is 2.22. The van der Waals surface area contributed by atoms with Gasteiger partial charge in [0, 0.05) is 25.6 Å². The van der Waals surface area contributed by atoms with Crippen LogP contribution in [-0.2, 0) is 4.74 Å². The zero-order valence-corrected chi connectivity index (χ0v) is 20.2. The minimum atomic E-state index is -0.687. The third-order valence-corrected chi connectivity index (χ3v) is 5.12. The molecule has 0 aliphatic carbocycles. The molecule has 2 aliphatic heterocycles. The molecule has 2 aromatic rings. The SMILES string of the molecule is CN1CCN=C1c1cccc(OC2=NCCC(Oc3ccc(C#N)c(C(=O)OC(C)(C)C)c3)=N2)c1. The fourth-order valence-corrected chi connectivity index (χ4v) is 3.54. The van der Waals surface area contributed by atoms with E-state index in [0.29, 0.717) is 30.4 Å². The van der Waals surface area contributed by atoms with E-state index < -0.39 is 11.6 Å². The summed E-state index contributed by atoms with van der Waals surface area (Å²) in [7, 11) is 2.01. The van der Waals surface area contributed by atoms with Crippen LogP contribution in [0.4, 0.5) is 0 Å². The summed E-state index contributed by atoms with van der Waals surface area (Å²) in [5, 5.41) is 9.39. The van der Waals surface area contributed by atoms with Crippen molar-refractivity contribution >= 4 is 23.7 Å². The van der Waals surface area contributed by atoms with Gasteiger partial charge in [0.15, 0.2) is 0 Å². The average molecular weight is 474 g/mol. The van der Waals surface area contributed by atoms with Gasteiger partial charge in [-0.3, -0.25) is 4.99 Å². The van der Waals surface area contributed by atoms with Crippen LogP contribution in [0.3, 0.4) is 0 Å². The molecule has 0 spiro atoms. The molecule has 0 fully saturated rings. The van der Waals surface area contributed by atoms with Crippen molar-refractivity contribution in [2.24, 2.45) is 15.0 Å². The lowest BCUT2D eigenvalue weighted by Crippen LogP contribution is -2.24. The first-order valence-electron chi connectivity index (χ1n) is 11.3. The molecule has 2 aromatic carbocycles. The van der Waals surface area contributed by atoms with Crippen molar-refractivity contribution in [1.29, 1.82) is 5.26 Å². The summed E-state index contributed by atoms with van der Waals surface area (Å²) in [6.07, 6.45) is 0.469. The number of nitriles is 1. The van der Waals surface area contributed by atoms with Crippen LogP contribution in [0.2, 0.25) is 0 Å². The van der Waals surface area contributed by atoms with Crippen molar-refractivity contribution in [3.05, 3.63) is 59.2 Å². The van der Waals surface area contributed by atoms with Crippen molar-refractivity contribution in [3.63, 3.8) is 0 Å². The summed E-state index contributed by atoms with van der Waals surface area (Å²) in [5.41, 5.74) is 0.623. The van der Waals surface area contributed by atoms with Gasteiger partial charge >= 0.3 is 12.0 Å². The lowest BCUT2D eigenvalue weighted by molar-refractivity contribution is 0.00688. The summed E-state index contributed by atoms with van der Waals surface area (Å²) in [6.45, 7) is 7.42. The molecule has 0 amide bonds. The van der Waals surface area contributed by atoms with Crippen molar-refractivity contribution in [2.75, 3.05) is 26.7 Å². The van der Waals surface area contributed by atoms with Crippen LogP contribution in [0.15, 0.2) is 57.4 Å². The molecule has 2 aliphatic rings. The molecule has 0 aromatic heterocycles. The van der Waals surface area contributed by atoms with Crippen LogP contribution in [0.5, 0.6) is 11.5 Å². The minimum absolute atomic E-state index is 0.137. The molecule has 0 radical (unpaired) electrons. The Hall–Kier alpha value is -4.19. The van der Waals surface area contributed by atoms with E-state index in [1.807, 2.05) is 37.4 Å². The Labute approximate surface area is 204 Å². The molecule has 0 saturated heterocycles. The molecule has 0 saturated carbocycles. The Balaban J connectivity index is 1.49. The molecule has 0 unspecified atom stereocenters. The summed E-state index contributed by atoms with van der Waals surface area (Å²) in [6, 6.07) is 14.5. The van der Waals surface area contributed by atoms with Crippen LogP contribution in [0.25, 0.3) is 0 Å². The second-order valence-electron chi connectivity index (χ2n) is 9.10. The van der Waals surface area contributed by atoms with Gasteiger partial charge in [-0.15, -0.1) is 0 Å². The summed E-state index contributed by atoms with van der Waals surface area (Å²) in [4.78, 5) is 27.9. The Morgan fingerprint density at radius 3 is 2.57 bits per heavy atom. The minimum Gasteiger partial charge on any atom is -0.456 e. The Kier molecular flexibility index (Phi) is 6.82. The Morgan fingerprint density at radius 2 is 1.86 bits per heavy atom. The van der Waals surface area contributed by atoms with Gasteiger partial charge in [0.1, 0.15) is 29.0 Å². The fraction of sp³-hybridized carbons (Fsp3) is 0.346. The number of carbonyl (C=O) groups is 1. The maximum Gasteiger partial charge on any atom is 0.340 e. The molecular weight excluding hydrogens is 446 g/mol. The molecule has 9 heteroatoms. The molecule has 2 heterocycles. The van der Waals surface area contributed by atoms with E-state index in [0.717, 1.165) is 24.5 Å². The highest BCUT2D eigenvalue weighted by atomic mass is 16.6. The van der Waals surface area contributed by atoms with Crippen molar-refractivity contribution in [1.82, 2.24) is 4.90 Å². The van der Waals surface area contributed by atoms with Gasteiger partial charge in [0.25, 0.3) is 0 Å². The smallest absolute Gasteiger partial charge is 0.340 e. The number of hydrogen-bond acceptors (Lipinski definition) is 9. The lowest BCUT2D eigenvalue weighted by Gasteiger charge is -2.20. The number of ether oxygens (including phenoxy) is 3. The van der Waals surface area contributed by atoms with Crippen molar-refractivity contribution in [2.45, 2.75) is 32.8 Å². The summed E-state index contributed by atoms with van der Waals surface area (Å²) >= 11 is 0. The molecular formula is C26H27N5O4. The molecule has 180 valence electrons. The zero-order valence-electron chi connectivity index (χ0n) is 20.2. The van der Waals surface area contributed by atoms with Gasteiger partial charge in [-0.1, -0.05) is 12.1 Å². The number of esters is 1. The number of benzene rings is 2. The van der Waals surface area contributed by atoms with Gasteiger partial charge < -0.3 is 19.1 Å². The van der Waals surface area contributed by atoms with E-state index in [2.05, 4.69) is 19.9 Å². The number of amidine groups is 2. The van der Waals surface area contributed by atoms with Gasteiger partial charge in [0.2, 0.25) is 5.90 Å². The molecule has 9 nitrogen and oxygen atoms in total. The number of carbonyl (C=O) groups excluding carboxylic acids is 1. The monoisotopic (exact) mass is 473 g/mol. The van der Waals surface area contributed by atoms with Crippen LogP contribution in [-0.4, -0.2) is 60.9 Å². The van der Waals surface area contributed by atoms with E-state index in [1.54, 1.807) is 26.8 Å². The predicted molar refractivity (Wildman–Crippen MR) is 132 cm³/mol. The highest BCUT2D eigenvalue weighted by Crippen LogP contribution is 2.23. The second kappa shape index (κ2) is 9.97. The van der Waals surface area contributed by atoms with Crippen LogP contribution in [0.1, 0.15) is 48.7 Å². The summed E-state index contributed by atoms with van der Waals surface area (Å²) < 4.78 is 17.2. The van der Waals surface area contributed by atoms with Gasteiger partial charge in [-0.25, -0.2) is 9.79 Å². The fourth-order valence-electron chi connectivity index (χ4n) is 3.54. The first-order valence-corrected chi connectivity index (χ1v) is 11.3. The molecule has 0 atom stereocenters. The Morgan fingerprint density at radius 1 is 1.06 bits per heavy atom. The van der Waals surface area contributed by atoms with Gasteiger partial charge in [-0.2, -0.15) is 10.3 Å². The predicted octanol–water partition coefficient (Wildman–Crippen LogP) is 3.82. The third-order valence-electron chi connectivity index (χ3n) is 5.12. The van der Waals surface area contributed by atoms with E-state index in [1.165, 1.54) is 12.1 Å². The molecule has 0 bridgehead atoms. The Bertz CT molecular complexity index is 1270. The standard InChI is InChI=1S/C26H27N5O4/c1-26(2,3)35-24(32)21-15-20(9-8-18(21)16-27)33-22-10-11-29-25(30-22)34-19-7-5-6-17(14-19)23-28-12-13-31(23)4/h5-9,14-15H,10-13H2,1-4H3. The first kappa shape index (κ1) is 24.0. The normalized spacial score (nSPS) is 15.5. The largest absolute Gasteiger partial charge is 0.456 e. The van der Waals surface area contributed by atoms with E-state index in [4.69, 9.17) is 14.2 Å². The topological polar surface area (TPSA) is 109 Å². The van der Waals surface area contributed by atoms with Crippen molar-refractivity contribution in [3.8, 4) is 17.6 Å². The van der Waals surface area contributed by atoms with Crippen LogP contribution < -0.4 is 9.47 Å². The van der Waals surface area contributed by atoms with Crippen molar-refractivity contribution < 1.29 is 19.0 Å². The second-order valence-corrected chi connectivity index (χ2v) is 9.10. The first-order chi connectivity index (χ1) is 16.7. The number of rotatable bonds is 4. The molecule has 35 heavy (non-hydrogen) atoms. The van der Waals surface area contributed by atoms with E-state index in [9.17, 15) is 10.1 Å². The number of hydrogen-bond donors (Lipinski definition) is 0. The zero-order chi connectivity index (χ0) is 25.0. The highest BCUT2D eigenvalue weighted by molar-refractivity contribution is 6.00. The third kappa shape index (κ3) is 6.03. The molecule has 0 N–H and O–H groups in total. The summed E-state index contributed by atoms with van der Waals surface area (Å²) in [5.74, 6) is 1.70. The van der Waals surface area contributed by atoms with Crippen LogP contribution in [0, 0.1) is 11.3 Å². The maximum absolute atomic E-state index is 12.6. The maximum atomic E-state index is 12.6. The van der Waals surface area contributed by atoms with E-state index in [-0.39, 0.29) is 17.1 Å². The average Bonchev–Trinajstić information content (AvgIpc) is 3.24. The van der Waals surface area contributed by atoms with Gasteiger partial charge in [-0.05, 0) is 51.1 Å². The number of likely N-dealkylation sites (N-methyl/N-ethyl adjacent to an activating group) is 1. The lowest BCUT2D eigenvalue weighted by atomic mass is 10.1. The quantitative estimate of drug-likeness (QED) is 0.625. The number of aliphatic imine (C=N–C) groups is 3. The van der Waals surface area contributed by atoms with Crippen LogP contribution >= 0.6 is 0 Å². The molecule has 4 rings (SSSR count). The number of nitrogens with zero attached hydrogens (tertiary/aromatic N) is 5. The van der Waals surface area contributed by atoms with E-state index >= 15 is 0 Å². The van der Waals surface area contributed by atoms with Gasteiger partial charge in [0.05, 0.1) is 24.2 Å².